The Kier molecular flexibility index (Phi) is 5.89. The van der Waals surface area contributed by atoms with Crippen molar-refractivity contribution in [2.24, 2.45) is 0 Å². The van der Waals surface area contributed by atoms with Crippen LogP contribution in [0.25, 0.3) is 0 Å². The lowest BCUT2D eigenvalue weighted by molar-refractivity contribution is 0.354. The van der Waals surface area contributed by atoms with E-state index in [0.29, 0.717) is 0 Å². The van der Waals surface area contributed by atoms with Crippen molar-refractivity contribution in [3.63, 3.8) is 0 Å². The van der Waals surface area contributed by atoms with Crippen LogP contribution < -0.4 is 14.8 Å². The minimum absolute atomic E-state index is 0.0777. The molecule has 0 heterocycles. The van der Waals surface area contributed by atoms with Gasteiger partial charge in [-0.15, -0.1) is 0 Å². The molecule has 0 radical (unpaired) electrons. The molecular formula is C16H17BrINO2. The van der Waals surface area contributed by atoms with Crippen LogP contribution in [0.1, 0.15) is 17.2 Å². The van der Waals surface area contributed by atoms with Crippen LogP contribution >= 0.6 is 38.5 Å². The van der Waals surface area contributed by atoms with Crippen molar-refractivity contribution >= 4 is 38.5 Å². The smallest absolute Gasteiger partial charge is 0.161 e. The van der Waals surface area contributed by atoms with Crippen LogP contribution in [0.2, 0.25) is 0 Å². The molecule has 5 heteroatoms. The third-order valence-corrected chi connectivity index (χ3v) is 4.69. The van der Waals surface area contributed by atoms with Crippen molar-refractivity contribution < 1.29 is 9.47 Å². The summed E-state index contributed by atoms with van der Waals surface area (Å²) >= 11 is 5.96. The Balaban J connectivity index is 2.48. The van der Waals surface area contributed by atoms with Gasteiger partial charge in [-0.2, -0.15) is 0 Å². The fourth-order valence-corrected chi connectivity index (χ4v) is 3.26. The molecule has 0 fully saturated rings. The van der Waals surface area contributed by atoms with E-state index in [1.54, 1.807) is 14.2 Å². The molecule has 0 saturated heterocycles. The molecule has 21 heavy (non-hydrogen) atoms. The minimum atomic E-state index is 0.0777. The van der Waals surface area contributed by atoms with E-state index < -0.39 is 0 Å². The Morgan fingerprint density at radius 3 is 2.38 bits per heavy atom. The van der Waals surface area contributed by atoms with Crippen LogP contribution in [0.4, 0.5) is 0 Å². The van der Waals surface area contributed by atoms with E-state index >= 15 is 0 Å². The van der Waals surface area contributed by atoms with Gasteiger partial charge in [0.1, 0.15) is 0 Å². The highest BCUT2D eigenvalue weighted by Crippen LogP contribution is 2.34. The molecular weight excluding hydrogens is 445 g/mol. The minimum Gasteiger partial charge on any atom is -0.493 e. The third-order valence-electron chi connectivity index (χ3n) is 3.30. The second-order valence-electron chi connectivity index (χ2n) is 4.50. The molecule has 1 unspecified atom stereocenters. The number of nitrogens with one attached hydrogen (secondary N) is 1. The van der Waals surface area contributed by atoms with E-state index in [1.165, 1.54) is 9.13 Å². The van der Waals surface area contributed by atoms with Crippen LogP contribution in [0.5, 0.6) is 11.5 Å². The molecule has 1 N–H and O–H groups in total. The van der Waals surface area contributed by atoms with Crippen molar-refractivity contribution in [3.8, 4) is 11.5 Å². The molecule has 0 aliphatic heterocycles. The first-order valence-electron chi connectivity index (χ1n) is 6.44. The lowest BCUT2D eigenvalue weighted by Gasteiger charge is -2.20. The van der Waals surface area contributed by atoms with Crippen LogP contribution in [-0.4, -0.2) is 21.3 Å². The first-order valence-corrected chi connectivity index (χ1v) is 8.32. The third kappa shape index (κ3) is 3.70. The summed E-state index contributed by atoms with van der Waals surface area (Å²) in [4.78, 5) is 0. The number of benzene rings is 2. The summed E-state index contributed by atoms with van der Waals surface area (Å²) < 4.78 is 13.0. The quantitative estimate of drug-likeness (QED) is 0.670. The number of hydrogen-bond acceptors (Lipinski definition) is 3. The molecule has 0 aliphatic rings. The Morgan fingerprint density at radius 2 is 1.76 bits per heavy atom. The maximum absolute atomic E-state index is 5.40. The Labute approximate surface area is 147 Å². The van der Waals surface area contributed by atoms with Crippen LogP contribution in [0.15, 0.2) is 40.9 Å². The molecule has 0 aliphatic carbocycles. The standard InChI is InChI=1S/C16H17BrINO2/c1-19-16(12-9-11(18)5-6-13(12)17)10-4-7-14(20-2)15(8-10)21-3/h4-9,16,19H,1-3H3. The van der Waals surface area contributed by atoms with Gasteiger partial charge in [0.05, 0.1) is 20.3 Å². The molecule has 2 aromatic carbocycles. The van der Waals surface area contributed by atoms with Gasteiger partial charge < -0.3 is 14.8 Å². The lowest BCUT2D eigenvalue weighted by atomic mass is 9.98. The number of ether oxygens (including phenoxy) is 2. The number of rotatable bonds is 5. The zero-order chi connectivity index (χ0) is 15.4. The SMILES string of the molecule is CNC(c1ccc(OC)c(OC)c1)c1cc(I)ccc1Br. The number of hydrogen-bond donors (Lipinski definition) is 1. The van der Waals surface area contributed by atoms with E-state index in [0.717, 1.165) is 21.5 Å². The second-order valence-corrected chi connectivity index (χ2v) is 6.60. The van der Waals surface area contributed by atoms with E-state index in [1.807, 2.05) is 19.2 Å². The Hall–Kier alpha value is -0.790. The second kappa shape index (κ2) is 7.47. The highest BCUT2D eigenvalue weighted by atomic mass is 127. The highest BCUT2D eigenvalue weighted by molar-refractivity contribution is 14.1. The normalized spacial score (nSPS) is 12.0. The fourth-order valence-electron chi connectivity index (χ4n) is 2.27. The van der Waals surface area contributed by atoms with E-state index in [9.17, 15) is 0 Å². The van der Waals surface area contributed by atoms with E-state index in [4.69, 9.17) is 9.47 Å². The number of methoxy groups -OCH3 is 2. The predicted molar refractivity (Wildman–Crippen MR) is 97.3 cm³/mol. The first-order chi connectivity index (χ1) is 10.1. The highest BCUT2D eigenvalue weighted by Gasteiger charge is 2.17. The maximum atomic E-state index is 5.40. The predicted octanol–water partition coefficient (Wildman–Crippen LogP) is 4.38. The Bertz CT molecular complexity index is 634. The molecule has 2 rings (SSSR count). The summed E-state index contributed by atoms with van der Waals surface area (Å²) in [6, 6.07) is 12.4. The molecule has 0 aromatic heterocycles. The molecule has 2 aromatic rings. The average Bonchev–Trinajstić information content (AvgIpc) is 2.51. The summed E-state index contributed by atoms with van der Waals surface area (Å²) in [7, 11) is 5.24. The van der Waals surface area contributed by atoms with Crippen molar-refractivity contribution in [1.82, 2.24) is 5.32 Å². The van der Waals surface area contributed by atoms with Crippen molar-refractivity contribution in [3.05, 3.63) is 55.6 Å². The van der Waals surface area contributed by atoms with Gasteiger partial charge >= 0.3 is 0 Å². The van der Waals surface area contributed by atoms with Crippen molar-refractivity contribution in [1.29, 1.82) is 0 Å². The zero-order valence-corrected chi connectivity index (χ0v) is 15.9. The van der Waals surface area contributed by atoms with Gasteiger partial charge in [-0.05, 0) is 71.1 Å². The molecule has 1 atom stereocenters. The van der Waals surface area contributed by atoms with Gasteiger partial charge in [-0.1, -0.05) is 22.0 Å². The maximum Gasteiger partial charge on any atom is 0.161 e. The molecule has 112 valence electrons. The van der Waals surface area contributed by atoms with Crippen LogP contribution in [0.3, 0.4) is 0 Å². The monoisotopic (exact) mass is 461 g/mol. The van der Waals surface area contributed by atoms with Crippen molar-refractivity contribution in [2.45, 2.75) is 6.04 Å². The molecule has 3 nitrogen and oxygen atoms in total. The summed E-state index contributed by atoms with van der Waals surface area (Å²) in [6.45, 7) is 0. The van der Waals surface area contributed by atoms with Gasteiger partial charge in [0.2, 0.25) is 0 Å². The summed E-state index contributed by atoms with van der Waals surface area (Å²) in [5.41, 5.74) is 2.31. The van der Waals surface area contributed by atoms with Crippen LogP contribution in [0, 0.1) is 3.57 Å². The molecule has 0 bridgehead atoms. The van der Waals surface area contributed by atoms with Crippen LogP contribution in [-0.2, 0) is 0 Å². The van der Waals surface area contributed by atoms with Gasteiger partial charge in [0.15, 0.2) is 11.5 Å². The van der Waals surface area contributed by atoms with Gasteiger partial charge in [-0.3, -0.25) is 0 Å². The van der Waals surface area contributed by atoms with E-state index in [2.05, 4.69) is 68.1 Å². The first kappa shape index (κ1) is 16.6. The topological polar surface area (TPSA) is 30.5 Å². The fraction of sp³-hybridized carbons (Fsp3) is 0.250. The summed E-state index contributed by atoms with van der Waals surface area (Å²) in [6.07, 6.45) is 0. The van der Waals surface area contributed by atoms with E-state index in [-0.39, 0.29) is 6.04 Å². The largest absolute Gasteiger partial charge is 0.493 e. The average molecular weight is 462 g/mol. The van der Waals surface area contributed by atoms with Crippen molar-refractivity contribution in [2.75, 3.05) is 21.3 Å². The molecule has 0 saturated carbocycles. The number of halogens is 2. The Morgan fingerprint density at radius 1 is 1.05 bits per heavy atom. The molecule has 0 spiro atoms. The molecule has 0 amide bonds. The van der Waals surface area contributed by atoms with Gasteiger partial charge in [-0.25, -0.2) is 0 Å². The summed E-state index contributed by atoms with van der Waals surface area (Å²) in [5, 5.41) is 3.36. The summed E-state index contributed by atoms with van der Waals surface area (Å²) in [5.74, 6) is 1.47. The lowest BCUT2D eigenvalue weighted by Crippen LogP contribution is -2.18. The zero-order valence-electron chi connectivity index (χ0n) is 12.1. The van der Waals surface area contributed by atoms with Gasteiger partial charge in [0.25, 0.3) is 0 Å². The van der Waals surface area contributed by atoms with Gasteiger partial charge in [0, 0.05) is 8.04 Å².